The second-order valence-corrected chi connectivity index (χ2v) is 4.82. The van der Waals surface area contributed by atoms with Gasteiger partial charge < -0.3 is 9.67 Å². The van der Waals surface area contributed by atoms with Crippen LogP contribution in [0.15, 0.2) is 24.3 Å². The van der Waals surface area contributed by atoms with Gasteiger partial charge in [0.15, 0.2) is 0 Å². The summed E-state index contributed by atoms with van der Waals surface area (Å²) >= 11 is 0. The molecule has 1 aromatic heterocycles. The van der Waals surface area contributed by atoms with E-state index in [4.69, 9.17) is 0 Å². The molecule has 0 unspecified atom stereocenters. The number of phenolic OH excluding ortho intramolecular Hbond substituents is 1. The Morgan fingerprint density at radius 1 is 1.25 bits per heavy atom. The van der Waals surface area contributed by atoms with Crippen molar-refractivity contribution in [3.05, 3.63) is 30.0 Å². The Bertz CT molecular complexity index is 521. The molecular formula is C14H17NO. The lowest BCUT2D eigenvalue weighted by Gasteiger charge is -2.10. The average molecular weight is 215 g/mol. The zero-order valence-corrected chi connectivity index (χ0v) is 9.61. The van der Waals surface area contributed by atoms with E-state index in [-0.39, 0.29) is 0 Å². The van der Waals surface area contributed by atoms with Gasteiger partial charge in [0.1, 0.15) is 5.75 Å². The second-order valence-electron chi connectivity index (χ2n) is 4.82. The number of hydrogen-bond acceptors (Lipinski definition) is 1. The first-order valence-corrected chi connectivity index (χ1v) is 6.04. The molecule has 0 aliphatic heterocycles. The smallest absolute Gasteiger partial charge is 0.124 e. The number of rotatable bonds is 1. The molecule has 1 saturated carbocycles. The average Bonchev–Trinajstić information content (AvgIpc) is 2.88. The molecule has 2 aromatic rings. The highest BCUT2D eigenvalue weighted by Gasteiger charge is 2.21. The van der Waals surface area contributed by atoms with Gasteiger partial charge in [0.25, 0.3) is 0 Å². The number of fused-ring (bicyclic) bond motifs is 1. The molecule has 2 nitrogen and oxygen atoms in total. The topological polar surface area (TPSA) is 25.2 Å². The first-order valence-electron chi connectivity index (χ1n) is 6.04. The van der Waals surface area contributed by atoms with Crippen molar-refractivity contribution in [2.75, 3.05) is 0 Å². The first kappa shape index (κ1) is 9.76. The lowest BCUT2D eigenvalue weighted by Crippen LogP contribution is -2.00. The molecule has 1 aliphatic rings. The lowest BCUT2D eigenvalue weighted by atomic mass is 10.0. The van der Waals surface area contributed by atoms with Crippen molar-refractivity contribution < 1.29 is 5.11 Å². The summed E-state index contributed by atoms with van der Waals surface area (Å²) in [7, 11) is 2.11. The van der Waals surface area contributed by atoms with E-state index in [1.165, 1.54) is 31.4 Å². The van der Waals surface area contributed by atoms with Crippen molar-refractivity contribution in [3.63, 3.8) is 0 Å². The molecule has 1 aliphatic carbocycles. The van der Waals surface area contributed by atoms with Crippen LogP contribution in [0.1, 0.15) is 37.3 Å². The van der Waals surface area contributed by atoms with Crippen molar-refractivity contribution in [2.24, 2.45) is 7.05 Å². The van der Waals surface area contributed by atoms with Crippen LogP contribution in [-0.4, -0.2) is 9.67 Å². The summed E-state index contributed by atoms with van der Waals surface area (Å²) in [5.74, 6) is 1.09. The minimum absolute atomic E-state index is 0.400. The molecule has 0 bridgehead atoms. The maximum absolute atomic E-state index is 9.84. The van der Waals surface area contributed by atoms with Gasteiger partial charge in [0.2, 0.25) is 0 Å². The number of phenols is 1. The Kier molecular flexibility index (Phi) is 2.16. The third kappa shape index (κ3) is 1.33. The number of nitrogens with zero attached hydrogens (tertiary/aromatic N) is 1. The molecule has 84 valence electrons. The molecule has 1 heterocycles. The molecule has 1 aromatic carbocycles. The highest BCUT2D eigenvalue weighted by atomic mass is 16.3. The van der Waals surface area contributed by atoms with Crippen LogP contribution in [-0.2, 0) is 7.05 Å². The van der Waals surface area contributed by atoms with Crippen LogP contribution in [0.25, 0.3) is 10.9 Å². The fourth-order valence-corrected chi connectivity index (χ4v) is 2.98. The fraction of sp³-hybridized carbons (Fsp3) is 0.429. The Morgan fingerprint density at radius 3 is 2.69 bits per heavy atom. The molecule has 0 saturated heterocycles. The van der Waals surface area contributed by atoms with Crippen LogP contribution in [0.3, 0.4) is 0 Å². The highest BCUT2D eigenvalue weighted by molar-refractivity contribution is 5.87. The number of hydrogen-bond donors (Lipinski definition) is 1. The van der Waals surface area contributed by atoms with E-state index >= 15 is 0 Å². The van der Waals surface area contributed by atoms with E-state index in [1.807, 2.05) is 6.07 Å². The molecule has 0 atom stereocenters. The summed E-state index contributed by atoms with van der Waals surface area (Å²) in [6, 6.07) is 7.92. The molecule has 3 rings (SSSR count). The van der Waals surface area contributed by atoms with Gasteiger partial charge in [-0.25, -0.2) is 0 Å². The standard InChI is InChI=1S/C14H17NO/c1-15-12-7-4-8-14(16)11(12)9-13(15)10-5-2-3-6-10/h4,7-10,16H,2-3,5-6H2,1H3. The first-order chi connectivity index (χ1) is 7.77. The van der Waals surface area contributed by atoms with Gasteiger partial charge in [0, 0.05) is 18.1 Å². The van der Waals surface area contributed by atoms with Gasteiger partial charge in [-0.3, -0.25) is 0 Å². The van der Waals surface area contributed by atoms with E-state index in [0.29, 0.717) is 11.7 Å². The van der Waals surface area contributed by atoms with Gasteiger partial charge >= 0.3 is 0 Å². The summed E-state index contributed by atoms with van der Waals surface area (Å²) < 4.78 is 2.24. The van der Waals surface area contributed by atoms with Crippen LogP contribution in [0, 0.1) is 0 Å². The second kappa shape index (κ2) is 3.55. The lowest BCUT2D eigenvalue weighted by molar-refractivity contribution is 0.481. The third-order valence-corrected chi connectivity index (χ3v) is 3.87. The van der Waals surface area contributed by atoms with Crippen molar-refractivity contribution in [1.82, 2.24) is 4.57 Å². The van der Waals surface area contributed by atoms with Gasteiger partial charge in [-0.2, -0.15) is 0 Å². The fourth-order valence-electron chi connectivity index (χ4n) is 2.98. The number of aryl methyl sites for hydroxylation is 1. The predicted octanol–water partition coefficient (Wildman–Crippen LogP) is 3.54. The summed E-state index contributed by atoms with van der Waals surface area (Å²) in [4.78, 5) is 0. The minimum atomic E-state index is 0.400. The summed E-state index contributed by atoms with van der Waals surface area (Å²) in [5.41, 5.74) is 2.52. The molecule has 1 fully saturated rings. The third-order valence-electron chi connectivity index (χ3n) is 3.87. The maximum atomic E-state index is 9.84. The van der Waals surface area contributed by atoms with Crippen molar-refractivity contribution in [3.8, 4) is 5.75 Å². The summed E-state index contributed by atoms with van der Waals surface area (Å²) in [6.45, 7) is 0. The van der Waals surface area contributed by atoms with Gasteiger partial charge in [0.05, 0.1) is 5.52 Å². The quantitative estimate of drug-likeness (QED) is 0.773. The Balaban J connectivity index is 2.18. The monoisotopic (exact) mass is 215 g/mol. The zero-order chi connectivity index (χ0) is 11.1. The van der Waals surface area contributed by atoms with Crippen molar-refractivity contribution in [2.45, 2.75) is 31.6 Å². The van der Waals surface area contributed by atoms with Crippen LogP contribution < -0.4 is 0 Å². The van der Waals surface area contributed by atoms with Crippen molar-refractivity contribution in [1.29, 1.82) is 0 Å². The Morgan fingerprint density at radius 2 is 2.00 bits per heavy atom. The molecule has 0 amide bonds. The molecule has 16 heavy (non-hydrogen) atoms. The maximum Gasteiger partial charge on any atom is 0.124 e. The molecule has 0 radical (unpaired) electrons. The molecule has 1 N–H and O–H groups in total. The van der Waals surface area contributed by atoms with Crippen LogP contribution in [0.5, 0.6) is 5.75 Å². The van der Waals surface area contributed by atoms with Gasteiger partial charge in [-0.05, 0) is 37.0 Å². The normalized spacial score (nSPS) is 17.3. The zero-order valence-electron chi connectivity index (χ0n) is 9.61. The van der Waals surface area contributed by atoms with Gasteiger partial charge in [-0.1, -0.05) is 18.9 Å². The number of aromatic nitrogens is 1. The minimum Gasteiger partial charge on any atom is -0.507 e. The van der Waals surface area contributed by atoms with E-state index < -0.39 is 0 Å². The van der Waals surface area contributed by atoms with Crippen LogP contribution in [0.4, 0.5) is 0 Å². The number of benzene rings is 1. The molecule has 2 heteroatoms. The van der Waals surface area contributed by atoms with E-state index in [0.717, 1.165) is 10.9 Å². The van der Waals surface area contributed by atoms with Gasteiger partial charge in [-0.15, -0.1) is 0 Å². The summed E-state index contributed by atoms with van der Waals surface area (Å²) in [6.07, 6.45) is 5.28. The highest BCUT2D eigenvalue weighted by Crippen LogP contribution is 2.38. The molecular weight excluding hydrogens is 198 g/mol. The predicted molar refractivity (Wildman–Crippen MR) is 65.8 cm³/mol. The van der Waals surface area contributed by atoms with Crippen LogP contribution >= 0.6 is 0 Å². The molecule has 0 spiro atoms. The Labute approximate surface area is 95.5 Å². The van der Waals surface area contributed by atoms with E-state index in [1.54, 1.807) is 6.07 Å². The SMILES string of the molecule is Cn1c(C2CCCC2)cc2c(O)cccc21. The van der Waals surface area contributed by atoms with E-state index in [9.17, 15) is 5.11 Å². The number of aromatic hydroxyl groups is 1. The van der Waals surface area contributed by atoms with Crippen molar-refractivity contribution >= 4 is 10.9 Å². The Hall–Kier alpha value is -1.44. The summed E-state index contributed by atoms with van der Waals surface area (Å²) in [5, 5.41) is 10.8. The van der Waals surface area contributed by atoms with Crippen LogP contribution in [0.2, 0.25) is 0 Å². The largest absolute Gasteiger partial charge is 0.507 e. The van der Waals surface area contributed by atoms with E-state index in [2.05, 4.69) is 23.7 Å².